The first kappa shape index (κ1) is 19.0. The van der Waals surface area contributed by atoms with Crippen LogP contribution in [0.3, 0.4) is 0 Å². The van der Waals surface area contributed by atoms with Gasteiger partial charge in [-0.3, -0.25) is 4.79 Å². The normalized spacial score (nSPS) is 10.6. The Kier molecular flexibility index (Phi) is 6.49. The summed E-state index contributed by atoms with van der Waals surface area (Å²) in [5.74, 6) is -0.116. The molecule has 1 amide bonds. The second-order valence-corrected chi connectivity index (χ2v) is 7.11. The van der Waals surface area contributed by atoms with Crippen molar-refractivity contribution >= 4 is 40.1 Å². The highest BCUT2D eigenvalue weighted by atomic mass is 32.2. The zero-order valence-corrected chi connectivity index (χ0v) is 15.9. The molecule has 0 radical (unpaired) electrons. The first-order valence-electron chi connectivity index (χ1n) is 8.84. The molecule has 0 aliphatic heterocycles. The number of hydrogen-bond donors (Lipinski definition) is 1. The van der Waals surface area contributed by atoms with E-state index in [1.165, 1.54) is 17.1 Å². The third kappa shape index (κ3) is 5.34. The molecular weight excluding hydrogens is 358 g/mol. The number of benzene rings is 3. The molecule has 0 spiro atoms. The monoisotopic (exact) mass is 379 g/mol. The van der Waals surface area contributed by atoms with Crippen molar-refractivity contribution in [3.8, 4) is 0 Å². The molecule has 1 N–H and O–H groups in total. The zero-order chi connectivity index (χ0) is 19.1. The lowest BCUT2D eigenvalue weighted by molar-refractivity contribution is -0.113. The predicted octanol–water partition coefficient (Wildman–Crippen LogP) is 5.14. The van der Waals surface area contributed by atoms with Gasteiger partial charge in [0.1, 0.15) is 0 Å². The first-order chi connectivity index (χ1) is 13.2. The Bertz CT molecular complexity index is 938. The number of carbonyl (C=O) groups excluding carboxylic acids is 2. The third-order valence-electron chi connectivity index (χ3n) is 3.93. The van der Waals surface area contributed by atoms with Crippen LogP contribution in [0.15, 0.2) is 71.6 Å². The highest BCUT2D eigenvalue weighted by molar-refractivity contribution is 8.00. The predicted molar refractivity (Wildman–Crippen MR) is 110 cm³/mol. The van der Waals surface area contributed by atoms with E-state index in [9.17, 15) is 9.59 Å². The molecule has 0 bridgehead atoms. The molecule has 0 saturated carbocycles. The minimum atomic E-state index is -0.346. The van der Waals surface area contributed by atoms with Gasteiger partial charge in [-0.1, -0.05) is 37.3 Å². The van der Waals surface area contributed by atoms with Crippen LogP contribution >= 0.6 is 11.8 Å². The van der Waals surface area contributed by atoms with E-state index in [0.29, 0.717) is 23.6 Å². The van der Waals surface area contributed by atoms with Crippen molar-refractivity contribution in [2.75, 3.05) is 17.7 Å². The van der Waals surface area contributed by atoms with Crippen LogP contribution in [0.4, 0.5) is 5.69 Å². The van der Waals surface area contributed by atoms with E-state index in [1.807, 2.05) is 25.1 Å². The number of rotatable bonds is 7. The van der Waals surface area contributed by atoms with E-state index in [2.05, 4.69) is 29.6 Å². The van der Waals surface area contributed by atoms with E-state index in [0.717, 1.165) is 16.7 Å². The highest BCUT2D eigenvalue weighted by Gasteiger charge is 2.08. The molecule has 3 rings (SSSR count). The average Bonchev–Trinajstić information content (AvgIpc) is 2.71. The van der Waals surface area contributed by atoms with Crippen LogP contribution in [0.5, 0.6) is 0 Å². The number of nitrogens with one attached hydrogen (secondary N) is 1. The topological polar surface area (TPSA) is 55.4 Å². The Morgan fingerprint density at radius 2 is 1.70 bits per heavy atom. The van der Waals surface area contributed by atoms with Gasteiger partial charge in [-0.15, -0.1) is 11.8 Å². The molecule has 27 heavy (non-hydrogen) atoms. The van der Waals surface area contributed by atoms with E-state index < -0.39 is 0 Å². The Balaban J connectivity index is 1.53. The van der Waals surface area contributed by atoms with E-state index >= 15 is 0 Å². The summed E-state index contributed by atoms with van der Waals surface area (Å²) >= 11 is 1.49. The molecular formula is C22H21NO3S. The number of thioether (sulfide) groups is 1. The molecule has 0 fully saturated rings. The fraction of sp³-hybridized carbons (Fsp3) is 0.182. The van der Waals surface area contributed by atoms with Gasteiger partial charge in [0.05, 0.1) is 17.9 Å². The summed E-state index contributed by atoms with van der Waals surface area (Å²) in [7, 11) is 0. The fourth-order valence-electron chi connectivity index (χ4n) is 2.57. The summed E-state index contributed by atoms with van der Waals surface area (Å²) in [6.45, 7) is 2.35. The van der Waals surface area contributed by atoms with Gasteiger partial charge in [-0.25, -0.2) is 4.79 Å². The summed E-state index contributed by atoms with van der Waals surface area (Å²) in [5.41, 5.74) is 1.14. The molecule has 0 unspecified atom stereocenters. The number of amides is 1. The quantitative estimate of drug-likeness (QED) is 0.456. The van der Waals surface area contributed by atoms with Gasteiger partial charge in [0.2, 0.25) is 5.91 Å². The first-order valence-corrected chi connectivity index (χ1v) is 9.83. The lowest BCUT2D eigenvalue weighted by atomic mass is 10.1. The van der Waals surface area contributed by atoms with Gasteiger partial charge < -0.3 is 10.1 Å². The Morgan fingerprint density at radius 3 is 2.44 bits per heavy atom. The zero-order valence-electron chi connectivity index (χ0n) is 15.1. The van der Waals surface area contributed by atoms with Crippen LogP contribution in [-0.4, -0.2) is 24.2 Å². The molecule has 0 aromatic heterocycles. The van der Waals surface area contributed by atoms with Crippen LogP contribution in [0.1, 0.15) is 23.7 Å². The number of ether oxygens (including phenoxy) is 1. The number of fused-ring (bicyclic) bond motifs is 1. The highest BCUT2D eigenvalue weighted by Crippen LogP contribution is 2.23. The van der Waals surface area contributed by atoms with Crippen LogP contribution < -0.4 is 5.32 Å². The number of esters is 1. The maximum Gasteiger partial charge on any atom is 0.338 e. The second kappa shape index (κ2) is 9.24. The Morgan fingerprint density at radius 1 is 0.963 bits per heavy atom. The van der Waals surface area contributed by atoms with Crippen molar-refractivity contribution in [3.63, 3.8) is 0 Å². The van der Waals surface area contributed by atoms with Crippen molar-refractivity contribution in [2.24, 2.45) is 0 Å². The largest absolute Gasteiger partial charge is 0.462 e. The molecule has 0 aliphatic rings. The fourth-order valence-corrected chi connectivity index (χ4v) is 3.32. The summed E-state index contributed by atoms with van der Waals surface area (Å²) < 4.78 is 5.09. The standard InChI is InChI=1S/C22H21NO3S/c1-2-13-26-22(25)17-7-10-19(11-8-17)23-21(24)15-27-20-12-9-16-5-3-4-6-18(16)14-20/h3-12,14H,2,13,15H2,1H3,(H,23,24). The molecule has 5 heteroatoms. The maximum atomic E-state index is 12.2. The van der Waals surface area contributed by atoms with Crippen molar-refractivity contribution in [2.45, 2.75) is 18.2 Å². The van der Waals surface area contributed by atoms with Gasteiger partial charge in [0.15, 0.2) is 0 Å². The molecule has 3 aromatic rings. The summed E-state index contributed by atoms with van der Waals surface area (Å²) in [6.07, 6.45) is 0.786. The molecule has 3 aromatic carbocycles. The smallest absolute Gasteiger partial charge is 0.338 e. The molecule has 4 nitrogen and oxygen atoms in total. The summed E-state index contributed by atoms with van der Waals surface area (Å²) in [5, 5.41) is 5.19. The molecule has 0 saturated heterocycles. The van der Waals surface area contributed by atoms with Gasteiger partial charge >= 0.3 is 5.97 Å². The van der Waals surface area contributed by atoms with Crippen molar-refractivity contribution in [3.05, 3.63) is 72.3 Å². The third-order valence-corrected chi connectivity index (χ3v) is 4.93. The summed E-state index contributed by atoms with van der Waals surface area (Å²) in [4.78, 5) is 25.0. The number of hydrogen-bond acceptors (Lipinski definition) is 4. The van der Waals surface area contributed by atoms with E-state index in [-0.39, 0.29) is 11.9 Å². The van der Waals surface area contributed by atoms with Crippen LogP contribution in [0.25, 0.3) is 10.8 Å². The summed E-state index contributed by atoms with van der Waals surface area (Å²) in [6, 6.07) is 21.1. The number of anilines is 1. The van der Waals surface area contributed by atoms with Crippen LogP contribution in [-0.2, 0) is 9.53 Å². The van der Waals surface area contributed by atoms with Crippen LogP contribution in [0.2, 0.25) is 0 Å². The van der Waals surface area contributed by atoms with E-state index in [4.69, 9.17) is 4.74 Å². The number of carbonyl (C=O) groups is 2. The van der Waals surface area contributed by atoms with Gasteiger partial charge in [-0.05, 0) is 53.6 Å². The van der Waals surface area contributed by atoms with E-state index in [1.54, 1.807) is 24.3 Å². The minimum absolute atomic E-state index is 0.0885. The minimum Gasteiger partial charge on any atom is -0.462 e. The molecule has 0 atom stereocenters. The maximum absolute atomic E-state index is 12.2. The van der Waals surface area contributed by atoms with Crippen molar-refractivity contribution in [1.29, 1.82) is 0 Å². The molecule has 0 heterocycles. The lowest BCUT2D eigenvalue weighted by Gasteiger charge is -2.07. The molecule has 138 valence electrons. The van der Waals surface area contributed by atoms with Crippen molar-refractivity contribution in [1.82, 2.24) is 0 Å². The Hall–Kier alpha value is -2.79. The Labute approximate surface area is 162 Å². The van der Waals surface area contributed by atoms with Crippen LogP contribution in [0, 0.1) is 0 Å². The van der Waals surface area contributed by atoms with Gasteiger partial charge in [-0.2, -0.15) is 0 Å². The second-order valence-electron chi connectivity index (χ2n) is 6.06. The van der Waals surface area contributed by atoms with Gasteiger partial charge in [0, 0.05) is 10.6 Å². The lowest BCUT2D eigenvalue weighted by Crippen LogP contribution is -2.14. The molecule has 0 aliphatic carbocycles. The SMILES string of the molecule is CCCOC(=O)c1ccc(NC(=O)CSc2ccc3ccccc3c2)cc1. The van der Waals surface area contributed by atoms with Gasteiger partial charge in [0.25, 0.3) is 0 Å². The average molecular weight is 379 g/mol. The van der Waals surface area contributed by atoms with Crippen molar-refractivity contribution < 1.29 is 14.3 Å².